The molecular formula is C62H35N5O2. The monoisotopic (exact) mass is 881 g/mol. The normalized spacial score (nSPS) is 11.7. The van der Waals surface area contributed by atoms with Gasteiger partial charge in [-0.05, 0) is 130 Å². The maximum Gasteiger partial charge on any atom is 0.187 e. The summed E-state index contributed by atoms with van der Waals surface area (Å²) in [7, 11) is 0. The van der Waals surface area contributed by atoms with E-state index in [0.29, 0.717) is 11.3 Å². The van der Waals surface area contributed by atoms with Gasteiger partial charge in [0.05, 0.1) is 23.7 Å². The van der Waals surface area contributed by atoms with Crippen LogP contribution in [0.15, 0.2) is 221 Å². The molecule has 0 fully saturated rings. The molecule has 0 atom stereocenters. The van der Waals surface area contributed by atoms with Gasteiger partial charge in [-0.25, -0.2) is 4.85 Å². The van der Waals surface area contributed by atoms with Gasteiger partial charge in [-0.3, -0.25) is 0 Å². The van der Waals surface area contributed by atoms with Gasteiger partial charge in [-0.2, -0.15) is 5.26 Å². The molecule has 69 heavy (non-hydrogen) atoms. The van der Waals surface area contributed by atoms with Crippen molar-refractivity contribution in [1.29, 1.82) is 5.26 Å². The van der Waals surface area contributed by atoms with Crippen molar-refractivity contribution in [3.63, 3.8) is 0 Å². The molecule has 14 rings (SSSR count). The average Bonchev–Trinajstić information content (AvgIpc) is 4.15. The second-order valence-electron chi connectivity index (χ2n) is 17.6. The molecule has 0 aliphatic rings. The molecule has 7 nitrogen and oxygen atoms in total. The van der Waals surface area contributed by atoms with Crippen molar-refractivity contribution in [3.8, 4) is 17.2 Å². The quantitative estimate of drug-likeness (QED) is 0.149. The molecule has 0 N–H and O–H groups in total. The summed E-state index contributed by atoms with van der Waals surface area (Å²) in [5.41, 5.74) is 15.2. The first-order chi connectivity index (χ1) is 34.1. The molecule has 0 saturated carbocycles. The first-order valence-corrected chi connectivity index (χ1v) is 22.8. The number of hydrogen-bond acceptors (Lipinski definition) is 5. The molecule has 7 heteroatoms. The second-order valence-corrected chi connectivity index (χ2v) is 17.6. The van der Waals surface area contributed by atoms with E-state index in [1.165, 1.54) is 0 Å². The smallest absolute Gasteiger partial charge is 0.187 e. The number of nitrogens with zero attached hydrogens (tertiary/aromatic N) is 5. The summed E-state index contributed by atoms with van der Waals surface area (Å²) in [5, 5.41) is 18.3. The van der Waals surface area contributed by atoms with E-state index >= 15 is 0 Å². The molecule has 320 valence electrons. The van der Waals surface area contributed by atoms with Gasteiger partial charge in [0.25, 0.3) is 0 Å². The van der Waals surface area contributed by atoms with E-state index in [2.05, 4.69) is 183 Å². The van der Waals surface area contributed by atoms with Crippen LogP contribution in [0.5, 0.6) is 0 Å². The second kappa shape index (κ2) is 14.8. The Bertz CT molecular complexity index is 4190. The van der Waals surface area contributed by atoms with Crippen LogP contribution in [0.25, 0.3) is 97.9 Å². The molecular weight excluding hydrogens is 847 g/mol. The highest BCUT2D eigenvalue weighted by atomic mass is 16.3. The molecule has 0 bridgehead atoms. The highest BCUT2D eigenvalue weighted by molar-refractivity contribution is 6.29. The SMILES string of the molecule is [C-]#[N+]c1ccc(N(c2ccc3ccccc3c2)c2ccc3c(c2)oc2c4cc(-c5ccccc5)cc5c6oc7cc(N(c8ccc(C#N)cc8)c8ccc9ccccc9c8)ccc7c6n(c54)c32)cc1. The minimum absolute atomic E-state index is 0.588. The van der Waals surface area contributed by atoms with Gasteiger partial charge in [-0.1, -0.05) is 103 Å². The van der Waals surface area contributed by atoms with Crippen LogP contribution in [0, 0.1) is 17.9 Å². The van der Waals surface area contributed by atoms with E-state index in [4.69, 9.17) is 15.4 Å². The van der Waals surface area contributed by atoms with E-state index < -0.39 is 0 Å². The molecule has 0 amide bonds. The number of anilines is 6. The fraction of sp³-hybridized carbons (Fsp3) is 0. The first-order valence-electron chi connectivity index (χ1n) is 22.8. The van der Waals surface area contributed by atoms with Gasteiger partial charge < -0.3 is 23.0 Å². The van der Waals surface area contributed by atoms with Crippen molar-refractivity contribution in [2.24, 2.45) is 0 Å². The topological polar surface area (TPSA) is 65.3 Å². The van der Waals surface area contributed by atoms with E-state index in [9.17, 15) is 5.26 Å². The van der Waals surface area contributed by atoms with Gasteiger partial charge >= 0.3 is 0 Å². The molecule has 0 saturated heterocycles. The zero-order valence-electron chi connectivity index (χ0n) is 36.8. The van der Waals surface area contributed by atoms with Crippen LogP contribution in [-0.4, -0.2) is 4.40 Å². The molecule has 0 unspecified atom stereocenters. The summed E-state index contributed by atoms with van der Waals surface area (Å²) in [6, 6.07) is 75.4. The van der Waals surface area contributed by atoms with E-state index in [-0.39, 0.29) is 0 Å². The minimum atomic E-state index is 0.588. The Morgan fingerprint density at radius 1 is 0.406 bits per heavy atom. The molecule has 0 radical (unpaired) electrons. The third-order valence-electron chi connectivity index (χ3n) is 13.7. The third kappa shape index (κ3) is 5.92. The molecule has 10 aromatic carbocycles. The van der Waals surface area contributed by atoms with Gasteiger partial charge in [0.1, 0.15) is 22.2 Å². The first kappa shape index (κ1) is 38.4. The molecule has 14 aromatic rings. The standard InChI is InChI=1S/C62H35N5O2/c1-64-45-19-25-47(26-20-45)66(49-24-18-41-12-6-8-14-43(41)32-49)51-28-30-53-57(36-51)69-62-55-34-44(39-9-3-2-4-10-39)33-54-58(55)67(60(53)62)59-52-29-27-50(35-56(52)68-61(54)59)65(46-21-15-38(37-63)16-22-46)48-23-17-40-11-5-7-13-42(40)31-48/h2-36H. The third-order valence-corrected chi connectivity index (χ3v) is 13.7. The summed E-state index contributed by atoms with van der Waals surface area (Å²) in [4.78, 5) is 8.11. The van der Waals surface area contributed by atoms with Crippen molar-refractivity contribution >= 4 is 122 Å². The van der Waals surface area contributed by atoms with Crippen LogP contribution < -0.4 is 9.80 Å². The van der Waals surface area contributed by atoms with Crippen LogP contribution in [0.3, 0.4) is 0 Å². The maximum absolute atomic E-state index is 9.67. The number of furan rings is 2. The Morgan fingerprint density at radius 3 is 1.36 bits per heavy atom. The lowest BCUT2D eigenvalue weighted by atomic mass is 10.0. The highest BCUT2D eigenvalue weighted by Gasteiger charge is 2.28. The van der Waals surface area contributed by atoms with Gasteiger partial charge in [-0.15, -0.1) is 0 Å². The van der Waals surface area contributed by atoms with E-state index in [0.717, 1.165) is 127 Å². The van der Waals surface area contributed by atoms with Crippen LogP contribution >= 0.6 is 0 Å². The fourth-order valence-corrected chi connectivity index (χ4v) is 10.5. The molecule has 4 aromatic heterocycles. The number of hydrogen-bond donors (Lipinski definition) is 0. The Labute approximate surface area is 394 Å². The molecule has 4 heterocycles. The lowest BCUT2D eigenvalue weighted by Crippen LogP contribution is -2.09. The summed E-state index contributed by atoms with van der Waals surface area (Å²) in [5.74, 6) is 0. The lowest BCUT2D eigenvalue weighted by Gasteiger charge is -2.26. The van der Waals surface area contributed by atoms with Crippen molar-refractivity contribution < 1.29 is 8.83 Å². The van der Waals surface area contributed by atoms with E-state index in [1.807, 2.05) is 54.6 Å². The predicted octanol–water partition coefficient (Wildman–Crippen LogP) is 17.7. The van der Waals surface area contributed by atoms with Crippen molar-refractivity contribution in [2.75, 3.05) is 9.80 Å². The number of fused-ring (bicyclic) bond motifs is 12. The predicted molar refractivity (Wildman–Crippen MR) is 281 cm³/mol. The Balaban J connectivity index is 0.996. The minimum Gasteiger partial charge on any atom is -0.454 e. The zero-order valence-corrected chi connectivity index (χ0v) is 36.8. The average molecular weight is 882 g/mol. The number of aromatic nitrogens is 1. The molecule has 0 spiro atoms. The van der Waals surface area contributed by atoms with Gasteiger partial charge in [0, 0.05) is 67.8 Å². The summed E-state index contributed by atoms with van der Waals surface area (Å²) in [6.45, 7) is 7.61. The number of nitriles is 1. The van der Waals surface area contributed by atoms with Crippen LogP contribution in [0.1, 0.15) is 5.56 Å². The number of rotatable bonds is 7. The summed E-state index contributed by atoms with van der Waals surface area (Å²) in [6.07, 6.45) is 0. The molecule has 0 aliphatic carbocycles. The van der Waals surface area contributed by atoms with Crippen LogP contribution in [-0.2, 0) is 0 Å². The van der Waals surface area contributed by atoms with Gasteiger partial charge in [0.15, 0.2) is 16.9 Å². The Hall–Kier alpha value is -9.82. The van der Waals surface area contributed by atoms with Crippen LogP contribution in [0.4, 0.5) is 39.8 Å². The Morgan fingerprint density at radius 2 is 0.855 bits per heavy atom. The van der Waals surface area contributed by atoms with Crippen molar-refractivity contribution in [3.05, 3.63) is 229 Å². The largest absolute Gasteiger partial charge is 0.454 e. The summed E-state index contributed by atoms with van der Waals surface area (Å²) < 4.78 is 16.5. The van der Waals surface area contributed by atoms with Gasteiger partial charge in [0.2, 0.25) is 0 Å². The van der Waals surface area contributed by atoms with Crippen LogP contribution in [0.2, 0.25) is 0 Å². The zero-order chi connectivity index (χ0) is 45.7. The number of benzene rings is 10. The van der Waals surface area contributed by atoms with Crippen molar-refractivity contribution in [1.82, 2.24) is 4.40 Å². The maximum atomic E-state index is 9.67. The summed E-state index contributed by atoms with van der Waals surface area (Å²) >= 11 is 0. The Kier molecular flexibility index (Phi) is 8.27. The van der Waals surface area contributed by atoms with E-state index in [1.54, 1.807) is 0 Å². The fourth-order valence-electron chi connectivity index (χ4n) is 10.5. The molecule has 0 aliphatic heterocycles. The lowest BCUT2D eigenvalue weighted by molar-refractivity contribution is 0.672. The van der Waals surface area contributed by atoms with Crippen molar-refractivity contribution in [2.45, 2.75) is 0 Å². The highest BCUT2D eigenvalue weighted by Crippen LogP contribution is 2.49.